The topological polar surface area (TPSA) is 90.8 Å². The second-order valence-electron chi connectivity index (χ2n) is 4.39. The number of carbonyl (C=O) groups is 2. The minimum absolute atomic E-state index is 0.0163. The first-order chi connectivity index (χ1) is 9.54. The molecule has 0 aromatic heterocycles. The average molecular weight is 293 g/mol. The third-order valence-electron chi connectivity index (χ3n) is 2.74. The molecule has 20 heavy (non-hydrogen) atoms. The number of aryl methyl sites for hydroxylation is 1. The molecule has 6 nitrogen and oxygen atoms in total. The fourth-order valence-corrected chi connectivity index (χ4v) is 2.68. The van der Waals surface area contributed by atoms with Crippen molar-refractivity contribution in [1.82, 2.24) is 5.32 Å². The van der Waals surface area contributed by atoms with Crippen LogP contribution in [-0.4, -0.2) is 34.1 Å². The number of urea groups is 1. The third-order valence-corrected chi connectivity index (χ3v) is 3.77. The number of amides is 2. The molecule has 0 saturated carbocycles. The zero-order valence-corrected chi connectivity index (χ0v) is 11.7. The number of carboxylic acids is 1. The maximum absolute atomic E-state index is 11.8. The highest BCUT2D eigenvalue weighted by Crippen LogP contribution is 2.19. The average Bonchev–Trinajstić information content (AvgIpc) is 2.78. The molecular formula is C13H15N3O3S. The van der Waals surface area contributed by atoms with E-state index in [9.17, 15) is 9.59 Å². The Hall–Kier alpha value is -2.02. The van der Waals surface area contributed by atoms with Gasteiger partial charge >= 0.3 is 12.0 Å². The van der Waals surface area contributed by atoms with Crippen molar-refractivity contribution in [3.05, 3.63) is 29.8 Å². The number of carboxylic acid groups (broad SMARTS) is 1. The molecule has 1 atom stereocenters. The molecule has 1 aromatic carbocycles. The van der Waals surface area contributed by atoms with Gasteiger partial charge in [-0.25, -0.2) is 4.79 Å². The number of nitrogens with zero attached hydrogens (tertiary/aromatic N) is 1. The molecule has 1 aromatic rings. The number of hydrogen-bond acceptors (Lipinski definition) is 4. The van der Waals surface area contributed by atoms with Gasteiger partial charge in [0.2, 0.25) is 0 Å². The number of benzene rings is 1. The van der Waals surface area contributed by atoms with E-state index < -0.39 is 5.97 Å². The standard InChI is InChI=1S/C13H15N3O3S/c1-8-4-2-3-5-10(8)15-12(19)16-13-14-9(7-20-13)6-11(17)18/h2-5,9H,6-7H2,1H3,(H,17,18)(H2,14,15,16,19). The Bertz CT molecular complexity index is 560. The molecule has 106 valence electrons. The number of hydrogen-bond donors (Lipinski definition) is 3. The van der Waals surface area contributed by atoms with Gasteiger partial charge in [0, 0.05) is 11.4 Å². The summed E-state index contributed by atoms with van der Waals surface area (Å²) in [5.41, 5.74) is 1.70. The van der Waals surface area contributed by atoms with E-state index in [-0.39, 0.29) is 18.5 Å². The van der Waals surface area contributed by atoms with Crippen molar-refractivity contribution >= 4 is 34.6 Å². The van der Waals surface area contributed by atoms with Crippen LogP contribution in [0.1, 0.15) is 12.0 Å². The van der Waals surface area contributed by atoms with Gasteiger partial charge in [-0.3, -0.25) is 15.1 Å². The van der Waals surface area contributed by atoms with Crippen LogP contribution in [-0.2, 0) is 4.79 Å². The van der Waals surface area contributed by atoms with Gasteiger partial charge in [-0.1, -0.05) is 30.0 Å². The summed E-state index contributed by atoms with van der Waals surface area (Å²) in [6, 6.07) is 6.80. The molecule has 2 amide bonds. The largest absolute Gasteiger partial charge is 0.481 e. The van der Waals surface area contributed by atoms with Gasteiger partial charge in [0.1, 0.15) is 0 Å². The lowest BCUT2D eigenvalue weighted by molar-refractivity contribution is -0.137. The predicted molar refractivity (Wildman–Crippen MR) is 79.3 cm³/mol. The summed E-state index contributed by atoms with van der Waals surface area (Å²) in [6.45, 7) is 1.90. The summed E-state index contributed by atoms with van der Waals surface area (Å²) >= 11 is 1.35. The molecule has 0 radical (unpaired) electrons. The lowest BCUT2D eigenvalue weighted by Gasteiger charge is -2.08. The van der Waals surface area contributed by atoms with Gasteiger partial charge < -0.3 is 10.4 Å². The van der Waals surface area contributed by atoms with Gasteiger partial charge in [0.15, 0.2) is 5.17 Å². The van der Waals surface area contributed by atoms with Crippen molar-refractivity contribution in [2.45, 2.75) is 19.4 Å². The third kappa shape index (κ3) is 3.99. The van der Waals surface area contributed by atoms with E-state index >= 15 is 0 Å². The van der Waals surface area contributed by atoms with Crippen molar-refractivity contribution in [3.63, 3.8) is 0 Å². The van der Waals surface area contributed by atoms with E-state index in [0.717, 1.165) is 11.3 Å². The highest BCUT2D eigenvalue weighted by Gasteiger charge is 2.22. The Labute approximate surface area is 120 Å². The first-order valence-corrected chi connectivity index (χ1v) is 7.09. The number of aliphatic imine (C=N–C) groups is 1. The van der Waals surface area contributed by atoms with Crippen molar-refractivity contribution in [2.24, 2.45) is 4.99 Å². The van der Waals surface area contributed by atoms with Gasteiger partial charge in [-0.15, -0.1) is 0 Å². The maximum atomic E-state index is 11.8. The number of amidine groups is 1. The van der Waals surface area contributed by atoms with Gasteiger partial charge in [0.25, 0.3) is 0 Å². The Balaban J connectivity index is 1.89. The molecular weight excluding hydrogens is 278 g/mol. The highest BCUT2D eigenvalue weighted by molar-refractivity contribution is 8.14. The van der Waals surface area contributed by atoms with E-state index in [0.29, 0.717) is 10.9 Å². The van der Waals surface area contributed by atoms with Crippen LogP contribution in [0.5, 0.6) is 0 Å². The van der Waals surface area contributed by atoms with Crippen LogP contribution in [0.3, 0.4) is 0 Å². The van der Waals surface area contributed by atoms with Crippen LogP contribution in [0, 0.1) is 6.92 Å². The minimum atomic E-state index is -0.884. The number of rotatable bonds is 3. The van der Waals surface area contributed by atoms with Crippen LogP contribution in [0.2, 0.25) is 0 Å². The molecule has 0 spiro atoms. The fraction of sp³-hybridized carbons (Fsp3) is 0.308. The lowest BCUT2D eigenvalue weighted by atomic mass is 10.2. The van der Waals surface area contributed by atoms with Crippen LogP contribution >= 0.6 is 11.8 Å². The van der Waals surface area contributed by atoms with E-state index in [2.05, 4.69) is 15.6 Å². The Kier molecular flexibility index (Phi) is 4.62. The summed E-state index contributed by atoms with van der Waals surface area (Å²) in [5.74, 6) is -0.309. The van der Waals surface area contributed by atoms with E-state index in [4.69, 9.17) is 5.11 Å². The molecule has 1 heterocycles. The molecule has 0 fully saturated rings. The highest BCUT2D eigenvalue weighted by atomic mass is 32.2. The molecule has 0 bridgehead atoms. The second kappa shape index (κ2) is 6.42. The van der Waals surface area contributed by atoms with Crippen LogP contribution < -0.4 is 10.6 Å². The summed E-state index contributed by atoms with van der Waals surface area (Å²) in [4.78, 5) is 26.6. The summed E-state index contributed by atoms with van der Waals surface area (Å²) < 4.78 is 0. The number of thioether (sulfide) groups is 1. The van der Waals surface area contributed by atoms with E-state index in [1.165, 1.54) is 11.8 Å². The van der Waals surface area contributed by atoms with Gasteiger partial charge in [-0.05, 0) is 18.6 Å². The Morgan fingerprint density at radius 2 is 2.15 bits per heavy atom. The zero-order chi connectivity index (χ0) is 14.5. The summed E-state index contributed by atoms with van der Waals surface area (Å²) in [7, 11) is 0. The Morgan fingerprint density at radius 1 is 1.40 bits per heavy atom. The smallest absolute Gasteiger partial charge is 0.325 e. The molecule has 0 saturated heterocycles. The fourth-order valence-electron chi connectivity index (χ4n) is 1.75. The normalized spacial score (nSPS) is 17.4. The predicted octanol–water partition coefficient (Wildman–Crippen LogP) is 2.06. The first kappa shape index (κ1) is 14.4. The van der Waals surface area contributed by atoms with Crippen LogP contribution in [0.15, 0.2) is 29.3 Å². The molecule has 3 N–H and O–H groups in total. The first-order valence-electron chi connectivity index (χ1n) is 6.10. The Morgan fingerprint density at radius 3 is 2.85 bits per heavy atom. The molecule has 0 aliphatic carbocycles. The van der Waals surface area contributed by atoms with Crippen molar-refractivity contribution < 1.29 is 14.7 Å². The maximum Gasteiger partial charge on any atom is 0.325 e. The number of aliphatic carboxylic acids is 1. The van der Waals surface area contributed by atoms with Crippen LogP contribution in [0.4, 0.5) is 10.5 Å². The van der Waals surface area contributed by atoms with E-state index in [1.54, 1.807) is 0 Å². The van der Waals surface area contributed by atoms with Crippen molar-refractivity contribution in [3.8, 4) is 0 Å². The summed E-state index contributed by atoms with van der Waals surface area (Å²) in [6.07, 6.45) is -0.0163. The van der Waals surface area contributed by atoms with Gasteiger partial charge in [-0.2, -0.15) is 0 Å². The zero-order valence-electron chi connectivity index (χ0n) is 10.9. The number of carbonyl (C=O) groups excluding carboxylic acids is 1. The number of nitrogens with one attached hydrogen (secondary N) is 2. The quantitative estimate of drug-likeness (QED) is 0.795. The molecule has 1 aliphatic rings. The number of para-hydroxylation sites is 1. The molecule has 1 unspecified atom stereocenters. The lowest BCUT2D eigenvalue weighted by Crippen LogP contribution is -2.32. The minimum Gasteiger partial charge on any atom is -0.481 e. The SMILES string of the molecule is Cc1ccccc1NC(=O)NC1=NC(CC(=O)O)CS1. The molecule has 1 aliphatic heterocycles. The van der Waals surface area contributed by atoms with E-state index in [1.807, 2.05) is 31.2 Å². The van der Waals surface area contributed by atoms with Crippen molar-refractivity contribution in [1.29, 1.82) is 0 Å². The van der Waals surface area contributed by atoms with Crippen molar-refractivity contribution in [2.75, 3.05) is 11.1 Å². The molecule has 7 heteroatoms. The number of anilines is 1. The van der Waals surface area contributed by atoms with Gasteiger partial charge in [0.05, 0.1) is 12.5 Å². The second-order valence-corrected chi connectivity index (χ2v) is 5.40. The summed E-state index contributed by atoms with van der Waals surface area (Å²) in [5, 5.41) is 14.5. The monoisotopic (exact) mass is 293 g/mol. The van der Waals surface area contributed by atoms with Crippen LogP contribution in [0.25, 0.3) is 0 Å². The molecule has 2 rings (SSSR count).